The van der Waals surface area contributed by atoms with Gasteiger partial charge in [0.25, 0.3) is 0 Å². The fourth-order valence-corrected chi connectivity index (χ4v) is 7.31. The van der Waals surface area contributed by atoms with E-state index < -0.39 is 45.9 Å². The molecular formula is C20H17F4N3O3S2. The highest BCUT2D eigenvalue weighted by Crippen LogP contribution is 2.37. The zero-order valence-corrected chi connectivity index (χ0v) is 18.0. The first-order valence-corrected chi connectivity index (χ1v) is 12.2. The highest BCUT2D eigenvalue weighted by atomic mass is 32.2. The summed E-state index contributed by atoms with van der Waals surface area (Å²) in [6, 6.07) is 9.36. The van der Waals surface area contributed by atoms with Crippen LogP contribution in [0.1, 0.15) is 5.56 Å². The number of fused-ring (bicyclic) bond motifs is 1. The molecule has 1 fully saturated rings. The predicted molar refractivity (Wildman–Crippen MR) is 115 cm³/mol. The third kappa shape index (κ3) is 4.90. The zero-order valence-electron chi connectivity index (χ0n) is 16.3. The first-order valence-electron chi connectivity index (χ1n) is 9.46. The molecule has 2 aliphatic rings. The molecule has 0 bridgehead atoms. The Morgan fingerprint density at radius 3 is 2.47 bits per heavy atom. The molecule has 2 aromatic carbocycles. The van der Waals surface area contributed by atoms with E-state index in [1.54, 1.807) is 0 Å². The van der Waals surface area contributed by atoms with Crippen LogP contribution in [0.15, 0.2) is 53.5 Å². The first kappa shape index (κ1) is 22.6. The van der Waals surface area contributed by atoms with Crippen molar-refractivity contribution in [3.8, 4) is 0 Å². The van der Waals surface area contributed by atoms with Crippen molar-refractivity contribution >= 4 is 44.0 Å². The van der Waals surface area contributed by atoms with Gasteiger partial charge in [0, 0.05) is 10.9 Å². The van der Waals surface area contributed by atoms with E-state index in [4.69, 9.17) is 0 Å². The molecule has 0 unspecified atom stereocenters. The average molecular weight is 488 g/mol. The van der Waals surface area contributed by atoms with Gasteiger partial charge in [-0.2, -0.15) is 13.2 Å². The second kappa shape index (κ2) is 8.39. The molecular weight excluding hydrogens is 470 g/mol. The Balaban J connectivity index is 1.58. The fraction of sp³-hybridized carbons (Fsp3) is 0.300. The lowest BCUT2D eigenvalue weighted by Crippen LogP contribution is -2.37. The summed E-state index contributed by atoms with van der Waals surface area (Å²) in [7, 11) is -3.19. The molecule has 32 heavy (non-hydrogen) atoms. The number of para-hydroxylation sites is 1. The number of nitrogens with zero attached hydrogens (tertiary/aromatic N) is 2. The van der Waals surface area contributed by atoms with E-state index in [-0.39, 0.29) is 22.4 Å². The van der Waals surface area contributed by atoms with Crippen molar-refractivity contribution in [2.45, 2.75) is 17.5 Å². The SMILES string of the molecule is O=C(CN(C1=N[C@@H]2CS(=O)(=O)C[C@@H]2S1)c1ccc(F)cc1)Nc1ccccc1C(F)(F)F. The number of nitrogens with one attached hydrogen (secondary N) is 1. The number of amides is 1. The minimum Gasteiger partial charge on any atom is -0.324 e. The summed E-state index contributed by atoms with van der Waals surface area (Å²) >= 11 is 1.19. The number of alkyl halides is 3. The van der Waals surface area contributed by atoms with E-state index in [9.17, 15) is 30.8 Å². The van der Waals surface area contributed by atoms with Gasteiger partial charge in [0.2, 0.25) is 5.91 Å². The fourth-order valence-electron chi connectivity index (χ4n) is 3.53. The summed E-state index contributed by atoms with van der Waals surface area (Å²) in [6.07, 6.45) is -4.64. The molecule has 0 saturated carbocycles. The summed E-state index contributed by atoms with van der Waals surface area (Å²) in [5.74, 6) is -1.38. The Bertz CT molecular complexity index is 1170. The Kier molecular flexibility index (Phi) is 5.93. The number of rotatable bonds is 4. The Labute approximate surface area is 185 Å². The van der Waals surface area contributed by atoms with Crippen molar-refractivity contribution in [1.29, 1.82) is 0 Å². The minimum absolute atomic E-state index is 0.0439. The molecule has 2 aliphatic heterocycles. The van der Waals surface area contributed by atoms with Crippen LogP contribution in [0, 0.1) is 5.82 Å². The summed E-state index contributed by atoms with van der Waals surface area (Å²) in [6.45, 7) is -0.393. The Morgan fingerprint density at radius 1 is 1.12 bits per heavy atom. The van der Waals surface area contributed by atoms with Crippen LogP contribution in [0.3, 0.4) is 0 Å². The van der Waals surface area contributed by atoms with Crippen LogP contribution in [0.4, 0.5) is 28.9 Å². The summed E-state index contributed by atoms with van der Waals surface area (Å²) in [5, 5.41) is 2.34. The standard InChI is InChI=1S/C20H17F4N3O3S2/c21-12-5-7-13(8-6-12)27(19-26-16-10-32(29,30)11-17(16)31-19)9-18(28)25-15-4-2-1-3-14(15)20(22,23)24/h1-8,16-17H,9-11H2,(H,25,28)/t16-,17+/m1/s1. The third-order valence-corrected chi connectivity index (χ3v) is 8.23. The molecule has 1 N–H and O–H groups in total. The minimum atomic E-state index is -4.64. The first-order chi connectivity index (χ1) is 15.0. The number of anilines is 2. The van der Waals surface area contributed by atoms with Gasteiger partial charge in [-0.05, 0) is 36.4 Å². The maximum Gasteiger partial charge on any atom is 0.418 e. The lowest BCUT2D eigenvalue weighted by molar-refractivity contribution is -0.137. The Morgan fingerprint density at radius 2 is 1.81 bits per heavy atom. The number of halogens is 4. The van der Waals surface area contributed by atoms with Crippen LogP contribution in [-0.4, -0.2) is 48.8 Å². The highest BCUT2D eigenvalue weighted by molar-refractivity contribution is 8.15. The van der Waals surface area contributed by atoms with Gasteiger partial charge in [-0.25, -0.2) is 12.8 Å². The van der Waals surface area contributed by atoms with Crippen molar-refractivity contribution in [3.05, 3.63) is 59.9 Å². The number of hydrogen-bond donors (Lipinski definition) is 1. The number of thioether (sulfide) groups is 1. The van der Waals surface area contributed by atoms with E-state index in [0.717, 1.165) is 12.1 Å². The van der Waals surface area contributed by atoms with Crippen LogP contribution in [-0.2, 0) is 20.8 Å². The van der Waals surface area contributed by atoms with E-state index in [1.165, 1.54) is 53.1 Å². The lowest BCUT2D eigenvalue weighted by Gasteiger charge is -2.24. The molecule has 2 atom stereocenters. The van der Waals surface area contributed by atoms with Crippen molar-refractivity contribution in [1.82, 2.24) is 0 Å². The second-order valence-electron chi connectivity index (χ2n) is 7.37. The number of carbonyl (C=O) groups excluding carboxylic acids is 1. The van der Waals surface area contributed by atoms with Crippen LogP contribution < -0.4 is 10.2 Å². The number of carbonyl (C=O) groups is 1. The van der Waals surface area contributed by atoms with Crippen LogP contribution in [0.5, 0.6) is 0 Å². The van der Waals surface area contributed by atoms with Gasteiger partial charge in [-0.1, -0.05) is 23.9 Å². The van der Waals surface area contributed by atoms with Crippen molar-refractivity contribution < 1.29 is 30.8 Å². The number of benzene rings is 2. The molecule has 6 nitrogen and oxygen atoms in total. The smallest absolute Gasteiger partial charge is 0.324 e. The van der Waals surface area contributed by atoms with Gasteiger partial charge in [0.05, 0.1) is 28.8 Å². The average Bonchev–Trinajstić information content (AvgIpc) is 3.20. The third-order valence-electron chi connectivity index (χ3n) is 4.98. The van der Waals surface area contributed by atoms with E-state index >= 15 is 0 Å². The van der Waals surface area contributed by atoms with E-state index in [2.05, 4.69) is 10.3 Å². The van der Waals surface area contributed by atoms with Gasteiger partial charge < -0.3 is 10.2 Å². The largest absolute Gasteiger partial charge is 0.418 e. The summed E-state index contributed by atoms with van der Waals surface area (Å²) < 4.78 is 76.8. The van der Waals surface area contributed by atoms with E-state index in [1.807, 2.05) is 0 Å². The zero-order chi connectivity index (χ0) is 23.1. The van der Waals surface area contributed by atoms with Crippen molar-refractivity contribution in [3.63, 3.8) is 0 Å². The molecule has 1 amide bonds. The van der Waals surface area contributed by atoms with E-state index in [0.29, 0.717) is 10.9 Å². The molecule has 4 rings (SSSR count). The second-order valence-corrected chi connectivity index (χ2v) is 10.7. The maximum absolute atomic E-state index is 13.4. The molecule has 2 heterocycles. The Hall–Kier alpha value is -2.60. The molecule has 2 aromatic rings. The number of aliphatic imine (C=N–C) groups is 1. The monoisotopic (exact) mass is 487 g/mol. The van der Waals surface area contributed by atoms with Crippen molar-refractivity contribution in [2.24, 2.45) is 4.99 Å². The summed E-state index contributed by atoms with van der Waals surface area (Å²) in [4.78, 5) is 18.6. The number of amidine groups is 1. The number of sulfone groups is 1. The van der Waals surface area contributed by atoms with Crippen LogP contribution in [0.2, 0.25) is 0 Å². The molecule has 1 saturated heterocycles. The molecule has 12 heteroatoms. The number of hydrogen-bond acceptors (Lipinski definition) is 6. The molecule has 0 aliphatic carbocycles. The lowest BCUT2D eigenvalue weighted by atomic mass is 10.1. The predicted octanol–water partition coefficient (Wildman–Crippen LogP) is 3.56. The molecule has 170 valence electrons. The van der Waals surface area contributed by atoms with Gasteiger partial charge in [0.15, 0.2) is 15.0 Å². The molecule has 0 aromatic heterocycles. The van der Waals surface area contributed by atoms with Crippen molar-refractivity contribution in [2.75, 3.05) is 28.3 Å². The quantitative estimate of drug-likeness (QED) is 0.668. The highest BCUT2D eigenvalue weighted by Gasteiger charge is 2.44. The molecule has 0 radical (unpaired) electrons. The van der Waals surface area contributed by atoms with Crippen LogP contribution in [0.25, 0.3) is 0 Å². The van der Waals surface area contributed by atoms with Crippen LogP contribution >= 0.6 is 11.8 Å². The van der Waals surface area contributed by atoms with Gasteiger partial charge in [0.1, 0.15) is 12.4 Å². The summed E-state index contributed by atoms with van der Waals surface area (Å²) in [5.41, 5.74) is -0.957. The normalized spacial score (nSPS) is 21.7. The topological polar surface area (TPSA) is 78.8 Å². The van der Waals surface area contributed by atoms with Gasteiger partial charge in [-0.15, -0.1) is 0 Å². The maximum atomic E-state index is 13.4. The molecule has 0 spiro atoms. The van der Waals surface area contributed by atoms with Gasteiger partial charge >= 0.3 is 6.18 Å². The van der Waals surface area contributed by atoms with Gasteiger partial charge in [-0.3, -0.25) is 9.79 Å².